The normalized spacial score (nSPS) is 10.0. The number of nitrogens with zero attached hydrogens (tertiary/aromatic N) is 1. The summed E-state index contributed by atoms with van der Waals surface area (Å²) in [6, 6.07) is 0. The lowest BCUT2D eigenvalue weighted by Crippen LogP contribution is -2.41. The molecule has 0 heterocycles. The van der Waals surface area contributed by atoms with Gasteiger partial charge >= 0.3 is 0 Å². The minimum Gasteiger partial charge on any atom is -0.289 e. The molecule has 0 aliphatic carbocycles. The fourth-order valence-corrected chi connectivity index (χ4v) is 0.637. The third-order valence-electron chi connectivity index (χ3n) is 1.37. The van der Waals surface area contributed by atoms with Crippen molar-refractivity contribution in [3.8, 4) is 0 Å². The molecule has 0 saturated heterocycles. The van der Waals surface area contributed by atoms with Crippen LogP contribution in [0, 0.1) is 0 Å². The van der Waals surface area contributed by atoms with E-state index in [-0.39, 0.29) is 5.91 Å². The maximum Gasteiger partial charge on any atom is 0.233 e. The van der Waals surface area contributed by atoms with E-state index in [1.165, 1.54) is 0 Å². The average molecular weight is 144 g/mol. The van der Waals surface area contributed by atoms with Crippen LogP contribution in [0.2, 0.25) is 0 Å². The molecular formula is C7H16N2O. The fraction of sp³-hybridized carbons (Fsp3) is 0.857. The quantitative estimate of drug-likeness (QED) is 0.591. The highest BCUT2D eigenvalue weighted by atomic mass is 16.2. The van der Waals surface area contributed by atoms with Gasteiger partial charge in [-0.15, -0.1) is 0 Å². The van der Waals surface area contributed by atoms with E-state index in [0.717, 1.165) is 13.1 Å². The zero-order valence-corrected chi connectivity index (χ0v) is 6.98. The second-order valence-corrected chi connectivity index (χ2v) is 2.06. The minimum atomic E-state index is 0.0868. The number of carbonyl (C=O) groups is 1. The van der Waals surface area contributed by atoms with E-state index >= 15 is 0 Å². The topological polar surface area (TPSA) is 32.3 Å². The average Bonchev–Trinajstić information content (AvgIpc) is 1.99. The molecule has 0 aromatic carbocycles. The Bertz CT molecular complexity index is 99.8. The summed E-state index contributed by atoms with van der Waals surface area (Å²) in [6.07, 6.45) is 0.552. The van der Waals surface area contributed by atoms with E-state index in [1.54, 1.807) is 0 Å². The standard InChI is InChI=1S/C7H16N2O/c1-4-7(10)8-9(5-2)6-3/h4-6H2,1-3H3,(H,8,10). The molecule has 0 aromatic rings. The fourth-order valence-electron chi connectivity index (χ4n) is 0.637. The third kappa shape index (κ3) is 3.45. The van der Waals surface area contributed by atoms with E-state index < -0.39 is 0 Å². The van der Waals surface area contributed by atoms with Gasteiger partial charge in [0.05, 0.1) is 0 Å². The van der Waals surface area contributed by atoms with Gasteiger partial charge in [-0.2, -0.15) is 0 Å². The first-order chi connectivity index (χ1) is 4.74. The molecule has 0 atom stereocenters. The number of hydrogen-bond acceptors (Lipinski definition) is 2. The van der Waals surface area contributed by atoms with Crippen LogP contribution < -0.4 is 5.43 Å². The predicted molar refractivity (Wildman–Crippen MR) is 41.4 cm³/mol. The van der Waals surface area contributed by atoms with Gasteiger partial charge in [0.1, 0.15) is 0 Å². The van der Waals surface area contributed by atoms with Crippen molar-refractivity contribution in [1.82, 2.24) is 10.4 Å². The first-order valence-corrected chi connectivity index (χ1v) is 3.79. The van der Waals surface area contributed by atoms with E-state index in [9.17, 15) is 4.79 Å². The van der Waals surface area contributed by atoms with E-state index in [4.69, 9.17) is 0 Å². The van der Waals surface area contributed by atoms with Crippen LogP contribution in [0.25, 0.3) is 0 Å². The molecule has 0 spiro atoms. The van der Waals surface area contributed by atoms with Gasteiger partial charge in [-0.05, 0) is 0 Å². The molecule has 0 bridgehead atoms. The zero-order valence-electron chi connectivity index (χ0n) is 6.98. The second-order valence-electron chi connectivity index (χ2n) is 2.06. The Labute approximate surface area is 62.4 Å². The molecule has 1 N–H and O–H groups in total. The number of hydrogen-bond donors (Lipinski definition) is 1. The van der Waals surface area contributed by atoms with Crippen molar-refractivity contribution >= 4 is 5.91 Å². The lowest BCUT2D eigenvalue weighted by atomic mass is 10.5. The Hall–Kier alpha value is -0.570. The molecule has 10 heavy (non-hydrogen) atoms. The molecule has 0 aliphatic heterocycles. The van der Waals surface area contributed by atoms with E-state index in [0.29, 0.717) is 6.42 Å². The molecule has 0 aliphatic rings. The van der Waals surface area contributed by atoms with Gasteiger partial charge < -0.3 is 0 Å². The lowest BCUT2D eigenvalue weighted by Gasteiger charge is -2.18. The molecule has 0 saturated carbocycles. The first-order valence-electron chi connectivity index (χ1n) is 3.79. The van der Waals surface area contributed by atoms with Crippen LogP contribution in [0.3, 0.4) is 0 Å². The summed E-state index contributed by atoms with van der Waals surface area (Å²) < 4.78 is 0. The number of rotatable bonds is 4. The first kappa shape index (κ1) is 9.43. The SMILES string of the molecule is CCC(=O)NN(CC)CC. The highest BCUT2D eigenvalue weighted by Crippen LogP contribution is 1.82. The van der Waals surface area contributed by atoms with Crippen LogP contribution in [0.15, 0.2) is 0 Å². The second kappa shape index (κ2) is 5.23. The van der Waals surface area contributed by atoms with Crippen molar-refractivity contribution in [3.63, 3.8) is 0 Å². The van der Waals surface area contributed by atoms with Crippen LogP contribution in [0.4, 0.5) is 0 Å². The Morgan fingerprint density at radius 3 is 2.10 bits per heavy atom. The maximum absolute atomic E-state index is 10.8. The maximum atomic E-state index is 10.8. The smallest absolute Gasteiger partial charge is 0.233 e. The van der Waals surface area contributed by atoms with Crippen molar-refractivity contribution in [2.24, 2.45) is 0 Å². The molecule has 3 heteroatoms. The van der Waals surface area contributed by atoms with Crippen LogP contribution >= 0.6 is 0 Å². The molecule has 3 nitrogen and oxygen atoms in total. The van der Waals surface area contributed by atoms with Crippen molar-refractivity contribution < 1.29 is 4.79 Å². The van der Waals surface area contributed by atoms with Crippen LogP contribution in [0.5, 0.6) is 0 Å². The monoisotopic (exact) mass is 144 g/mol. The van der Waals surface area contributed by atoms with E-state index in [1.807, 2.05) is 25.8 Å². The minimum absolute atomic E-state index is 0.0868. The van der Waals surface area contributed by atoms with Crippen molar-refractivity contribution in [1.29, 1.82) is 0 Å². The highest BCUT2D eigenvalue weighted by Gasteiger charge is 2.00. The van der Waals surface area contributed by atoms with Gasteiger partial charge in [-0.3, -0.25) is 10.2 Å². The van der Waals surface area contributed by atoms with Gasteiger partial charge in [-0.1, -0.05) is 20.8 Å². The molecule has 0 rings (SSSR count). The van der Waals surface area contributed by atoms with Gasteiger partial charge in [0, 0.05) is 19.5 Å². The van der Waals surface area contributed by atoms with Gasteiger partial charge in [-0.25, -0.2) is 5.01 Å². The van der Waals surface area contributed by atoms with Gasteiger partial charge in [0.15, 0.2) is 0 Å². The Morgan fingerprint density at radius 1 is 1.30 bits per heavy atom. The summed E-state index contributed by atoms with van der Waals surface area (Å²) in [5.74, 6) is 0.0868. The summed E-state index contributed by atoms with van der Waals surface area (Å²) in [5.41, 5.74) is 2.76. The summed E-state index contributed by atoms with van der Waals surface area (Å²) in [7, 11) is 0. The molecule has 1 amide bonds. The van der Waals surface area contributed by atoms with E-state index in [2.05, 4.69) is 5.43 Å². The number of carbonyl (C=O) groups excluding carboxylic acids is 1. The Morgan fingerprint density at radius 2 is 1.80 bits per heavy atom. The van der Waals surface area contributed by atoms with Crippen molar-refractivity contribution in [2.75, 3.05) is 13.1 Å². The zero-order chi connectivity index (χ0) is 7.98. The molecule has 0 radical (unpaired) electrons. The van der Waals surface area contributed by atoms with Crippen LogP contribution in [-0.2, 0) is 4.79 Å². The molecule has 60 valence electrons. The Balaban J connectivity index is 3.52. The molecule has 0 unspecified atom stereocenters. The molecular weight excluding hydrogens is 128 g/mol. The summed E-state index contributed by atoms with van der Waals surface area (Å²) in [6.45, 7) is 7.60. The number of amides is 1. The van der Waals surface area contributed by atoms with Crippen molar-refractivity contribution in [2.45, 2.75) is 27.2 Å². The largest absolute Gasteiger partial charge is 0.289 e. The Kier molecular flexibility index (Phi) is 4.94. The predicted octanol–water partition coefficient (Wildman–Crippen LogP) is 0.769. The summed E-state index contributed by atoms with van der Waals surface area (Å²) in [5, 5.41) is 1.88. The summed E-state index contributed by atoms with van der Waals surface area (Å²) in [4.78, 5) is 10.8. The van der Waals surface area contributed by atoms with Gasteiger partial charge in [0.25, 0.3) is 0 Å². The van der Waals surface area contributed by atoms with Crippen LogP contribution in [-0.4, -0.2) is 24.0 Å². The molecule has 0 fully saturated rings. The lowest BCUT2D eigenvalue weighted by molar-refractivity contribution is -0.125. The van der Waals surface area contributed by atoms with Crippen molar-refractivity contribution in [3.05, 3.63) is 0 Å². The third-order valence-corrected chi connectivity index (χ3v) is 1.37. The summed E-state index contributed by atoms with van der Waals surface area (Å²) >= 11 is 0. The van der Waals surface area contributed by atoms with Crippen LogP contribution in [0.1, 0.15) is 27.2 Å². The van der Waals surface area contributed by atoms with Gasteiger partial charge in [0.2, 0.25) is 5.91 Å². The highest BCUT2D eigenvalue weighted by molar-refractivity contribution is 5.74. The number of nitrogens with one attached hydrogen (secondary N) is 1. The molecule has 0 aromatic heterocycles. The number of hydrazine groups is 1.